The number of methoxy groups -OCH3 is 1. The van der Waals surface area contributed by atoms with E-state index in [1.165, 1.54) is 35.2 Å². The van der Waals surface area contributed by atoms with Crippen molar-refractivity contribution in [2.75, 3.05) is 19.0 Å². The largest absolute Gasteiger partial charge is 0.468 e. The number of hydrogen-bond donors (Lipinski definition) is 2. The number of benzene rings is 2. The van der Waals surface area contributed by atoms with Gasteiger partial charge in [0.1, 0.15) is 36.4 Å². The quantitative estimate of drug-likeness (QED) is 0.402. The summed E-state index contributed by atoms with van der Waals surface area (Å²) in [7, 11) is 1.31. The third kappa shape index (κ3) is 4.42. The van der Waals surface area contributed by atoms with Gasteiger partial charge in [-0.1, -0.05) is 6.07 Å². The van der Waals surface area contributed by atoms with Crippen LogP contribution in [-0.2, 0) is 28.2 Å². The predicted molar refractivity (Wildman–Crippen MR) is 111 cm³/mol. The molecular formula is C21H20F2N6O3. The molecule has 1 atom stereocenters. The molecule has 1 unspecified atom stereocenters. The highest BCUT2D eigenvalue weighted by Crippen LogP contribution is 2.30. The van der Waals surface area contributed by atoms with Crippen LogP contribution in [0.15, 0.2) is 55.2 Å². The molecule has 0 radical (unpaired) electrons. The van der Waals surface area contributed by atoms with E-state index < -0.39 is 23.2 Å². The molecule has 0 bridgehead atoms. The Kier molecular flexibility index (Phi) is 5.82. The van der Waals surface area contributed by atoms with Crippen molar-refractivity contribution >= 4 is 22.6 Å². The van der Waals surface area contributed by atoms with Crippen LogP contribution in [0.5, 0.6) is 0 Å². The number of nitrogens with one attached hydrogen (secondary N) is 1. The van der Waals surface area contributed by atoms with Crippen molar-refractivity contribution in [3.05, 3.63) is 72.4 Å². The van der Waals surface area contributed by atoms with E-state index in [4.69, 9.17) is 0 Å². The second-order valence-electron chi connectivity index (χ2n) is 7.25. The topological polar surface area (TPSA) is 107 Å². The molecule has 0 saturated heterocycles. The van der Waals surface area contributed by atoms with Gasteiger partial charge in [-0.2, -0.15) is 10.2 Å². The fourth-order valence-electron chi connectivity index (χ4n) is 3.49. The van der Waals surface area contributed by atoms with Crippen molar-refractivity contribution in [2.45, 2.75) is 18.7 Å². The van der Waals surface area contributed by atoms with Gasteiger partial charge in [0, 0.05) is 22.7 Å². The van der Waals surface area contributed by atoms with Crippen molar-refractivity contribution in [3.8, 4) is 0 Å². The summed E-state index contributed by atoms with van der Waals surface area (Å²) in [5.74, 6) is -2.02. The number of esters is 1. The van der Waals surface area contributed by atoms with Gasteiger partial charge in [-0.25, -0.2) is 18.4 Å². The van der Waals surface area contributed by atoms with Crippen LogP contribution in [0.2, 0.25) is 0 Å². The average Bonchev–Trinajstić information content (AvgIpc) is 3.41. The minimum Gasteiger partial charge on any atom is -0.468 e. The zero-order valence-electron chi connectivity index (χ0n) is 17.1. The molecule has 0 amide bonds. The highest BCUT2D eigenvalue weighted by molar-refractivity contribution is 5.83. The number of aliphatic hydroxyl groups is 1. The molecule has 0 fully saturated rings. The zero-order chi connectivity index (χ0) is 22.7. The molecule has 2 aromatic heterocycles. The molecule has 0 aliphatic rings. The second kappa shape index (κ2) is 8.71. The number of nitrogens with zero attached hydrogens (tertiary/aromatic N) is 5. The summed E-state index contributed by atoms with van der Waals surface area (Å²) in [5.41, 5.74) is -0.529. The summed E-state index contributed by atoms with van der Waals surface area (Å²) in [6, 6.07) is 8.32. The molecule has 32 heavy (non-hydrogen) atoms. The summed E-state index contributed by atoms with van der Waals surface area (Å²) in [6.07, 6.45) is 4.29. The number of aromatic nitrogens is 5. The number of hydrogen-bond acceptors (Lipinski definition) is 7. The number of carbonyl (C=O) groups is 1. The van der Waals surface area contributed by atoms with Gasteiger partial charge in [0.15, 0.2) is 0 Å². The molecule has 4 rings (SSSR count). The molecule has 0 aliphatic carbocycles. The Balaban J connectivity index is 1.66. The summed E-state index contributed by atoms with van der Waals surface area (Å²) in [4.78, 5) is 15.2. The van der Waals surface area contributed by atoms with Crippen LogP contribution >= 0.6 is 0 Å². The van der Waals surface area contributed by atoms with Gasteiger partial charge in [0.2, 0.25) is 0 Å². The molecule has 166 valence electrons. The molecule has 0 saturated carbocycles. The third-order valence-electron chi connectivity index (χ3n) is 5.04. The lowest BCUT2D eigenvalue weighted by atomic mass is 9.92. The highest BCUT2D eigenvalue weighted by atomic mass is 19.1. The summed E-state index contributed by atoms with van der Waals surface area (Å²) < 4.78 is 35.6. The maximum atomic E-state index is 14.6. The Morgan fingerprint density at radius 1 is 1.19 bits per heavy atom. The standard InChI is InChI=1S/C21H20F2N6O3/c1-32-20(30)9-25-16-3-5-19-14(6-16)8-26-29(19)11-21(31,10-28-13-24-12-27-28)17-4-2-15(22)7-18(17)23/h2-8,12-13,25,31H,9-11H2,1H3. The zero-order valence-corrected chi connectivity index (χ0v) is 17.1. The molecule has 11 heteroatoms. The van der Waals surface area contributed by atoms with Crippen LogP contribution in [0.1, 0.15) is 5.56 Å². The normalized spacial score (nSPS) is 13.1. The fraction of sp³-hybridized carbons (Fsp3) is 0.238. The van der Waals surface area contributed by atoms with Crippen LogP contribution in [-0.4, -0.2) is 49.3 Å². The molecule has 0 aliphatic heterocycles. The van der Waals surface area contributed by atoms with Crippen LogP contribution < -0.4 is 5.32 Å². The second-order valence-corrected chi connectivity index (χ2v) is 7.25. The van der Waals surface area contributed by atoms with E-state index in [0.717, 1.165) is 17.5 Å². The van der Waals surface area contributed by atoms with E-state index in [1.54, 1.807) is 24.4 Å². The number of fused-ring (bicyclic) bond motifs is 1. The summed E-state index contributed by atoms with van der Waals surface area (Å²) in [5, 5.41) is 23.5. The van der Waals surface area contributed by atoms with Crippen molar-refractivity contribution in [2.24, 2.45) is 0 Å². The maximum absolute atomic E-state index is 14.6. The SMILES string of the molecule is COC(=O)CNc1ccc2c(cnn2CC(O)(Cn2cncn2)c2ccc(F)cc2F)c1. The lowest BCUT2D eigenvalue weighted by Gasteiger charge is -2.29. The molecule has 2 heterocycles. The lowest BCUT2D eigenvalue weighted by molar-refractivity contribution is -0.138. The predicted octanol–water partition coefficient (Wildman–Crippen LogP) is 2.08. The van der Waals surface area contributed by atoms with Gasteiger partial charge >= 0.3 is 5.97 Å². The summed E-state index contributed by atoms with van der Waals surface area (Å²) in [6.45, 7) is -0.249. The molecule has 2 N–H and O–H groups in total. The average molecular weight is 442 g/mol. The maximum Gasteiger partial charge on any atom is 0.325 e. The van der Waals surface area contributed by atoms with Gasteiger partial charge in [0.25, 0.3) is 0 Å². The van der Waals surface area contributed by atoms with Crippen LogP contribution in [0.3, 0.4) is 0 Å². The molecular weight excluding hydrogens is 422 g/mol. The first-order valence-electron chi connectivity index (χ1n) is 9.64. The number of rotatable bonds is 8. The van der Waals surface area contributed by atoms with Crippen LogP contribution in [0.4, 0.5) is 14.5 Å². The van der Waals surface area contributed by atoms with E-state index >= 15 is 0 Å². The number of halogens is 2. The van der Waals surface area contributed by atoms with E-state index in [9.17, 15) is 18.7 Å². The van der Waals surface area contributed by atoms with Crippen molar-refractivity contribution in [3.63, 3.8) is 0 Å². The Morgan fingerprint density at radius 2 is 2.03 bits per heavy atom. The minimum absolute atomic E-state index is 0.0116. The number of ether oxygens (including phenoxy) is 1. The van der Waals surface area contributed by atoms with Crippen molar-refractivity contribution in [1.29, 1.82) is 0 Å². The van der Waals surface area contributed by atoms with Crippen molar-refractivity contribution < 1.29 is 23.4 Å². The Morgan fingerprint density at radius 3 is 2.75 bits per heavy atom. The molecule has 0 spiro atoms. The Labute approximate surface area is 181 Å². The Hall–Kier alpha value is -3.86. The van der Waals surface area contributed by atoms with E-state index in [2.05, 4.69) is 25.2 Å². The smallest absolute Gasteiger partial charge is 0.325 e. The first-order valence-corrected chi connectivity index (χ1v) is 9.64. The van der Waals surface area contributed by atoms with Gasteiger partial charge in [0.05, 0.1) is 31.9 Å². The van der Waals surface area contributed by atoms with E-state index in [-0.39, 0.29) is 25.2 Å². The first-order chi connectivity index (χ1) is 15.4. The van der Waals surface area contributed by atoms with Gasteiger partial charge in [-0.3, -0.25) is 9.48 Å². The van der Waals surface area contributed by atoms with Crippen LogP contribution in [0.25, 0.3) is 10.9 Å². The lowest BCUT2D eigenvalue weighted by Crippen LogP contribution is -2.37. The van der Waals surface area contributed by atoms with E-state index in [0.29, 0.717) is 11.2 Å². The van der Waals surface area contributed by atoms with E-state index in [1.807, 2.05) is 0 Å². The minimum atomic E-state index is -1.80. The van der Waals surface area contributed by atoms with Crippen molar-refractivity contribution in [1.82, 2.24) is 24.5 Å². The van der Waals surface area contributed by atoms with Crippen LogP contribution in [0, 0.1) is 11.6 Å². The van der Waals surface area contributed by atoms with Gasteiger partial charge in [-0.15, -0.1) is 0 Å². The van der Waals surface area contributed by atoms with Gasteiger partial charge in [-0.05, 0) is 24.3 Å². The van der Waals surface area contributed by atoms with Gasteiger partial charge < -0.3 is 15.2 Å². The fourth-order valence-corrected chi connectivity index (χ4v) is 3.49. The highest BCUT2D eigenvalue weighted by Gasteiger charge is 2.35. The number of carbonyl (C=O) groups excluding carboxylic acids is 1. The third-order valence-corrected chi connectivity index (χ3v) is 5.04. The monoisotopic (exact) mass is 442 g/mol. The molecule has 4 aromatic rings. The summed E-state index contributed by atoms with van der Waals surface area (Å²) >= 11 is 0. The Bertz CT molecular complexity index is 1240. The number of anilines is 1. The molecule has 9 nitrogen and oxygen atoms in total. The molecule has 2 aromatic carbocycles. The first kappa shape index (κ1) is 21.4.